The van der Waals surface area contributed by atoms with E-state index in [2.05, 4.69) is 0 Å². The lowest BCUT2D eigenvalue weighted by Gasteiger charge is -2.36. The molecule has 2 bridgehead atoms. The SMILES string of the molecule is O=CC1(C2COCC2O)CC2CCC1O2. The fourth-order valence-electron chi connectivity index (χ4n) is 3.43. The molecule has 0 amide bonds. The highest BCUT2D eigenvalue weighted by molar-refractivity contribution is 5.63. The molecular formula is C11H16O4. The third-order valence-corrected chi connectivity index (χ3v) is 4.25. The maximum atomic E-state index is 11.4. The van der Waals surface area contributed by atoms with E-state index in [0.29, 0.717) is 13.2 Å². The van der Waals surface area contributed by atoms with Gasteiger partial charge in [0.2, 0.25) is 0 Å². The molecule has 0 aromatic rings. The molecule has 0 spiro atoms. The number of carbonyl (C=O) groups is 1. The summed E-state index contributed by atoms with van der Waals surface area (Å²) in [5, 5.41) is 9.83. The van der Waals surface area contributed by atoms with Crippen LogP contribution in [0.4, 0.5) is 0 Å². The van der Waals surface area contributed by atoms with Crippen molar-refractivity contribution >= 4 is 6.29 Å². The number of aldehydes is 1. The summed E-state index contributed by atoms with van der Waals surface area (Å²) in [4.78, 5) is 11.4. The first-order chi connectivity index (χ1) is 7.26. The van der Waals surface area contributed by atoms with Crippen LogP contribution in [0.3, 0.4) is 0 Å². The van der Waals surface area contributed by atoms with Gasteiger partial charge in [0, 0.05) is 5.92 Å². The summed E-state index contributed by atoms with van der Waals surface area (Å²) in [7, 11) is 0. The Bertz CT molecular complexity index is 280. The van der Waals surface area contributed by atoms with Crippen LogP contribution in [0.1, 0.15) is 19.3 Å². The lowest BCUT2D eigenvalue weighted by atomic mass is 9.65. The van der Waals surface area contributed by atoms with Gasteiger partial charge in [-0.25, -0.2) is 0 Å². The molecule has 3 saturated heterocycles. The maximum Gasteiger partial charge on any atom is 0.129 e. The van der Waals surface area contributed by atoms with E-state index in [1.807, 2.05) is 0 Å². The van der Waals surface area contributed by atoms with Gasteiger partial charge in [0.25, 0.3) is 0 Å². The molecule has 0 aliphatic carbocycles. The number of aliphatic hydroxyl groups is 1. The van der Waals surface area contributed by atoms with Crippen LogP contribution in [0.15, 0.2) is 0 Å². The highest BCUT2D eigenvalue weighted by Crippen LogP contribution is 2.52. The quantitative estimate of drug-likeness (QED) is 0.661. The molecule has 3 fully saturated rings. The highest BCUT2D eigenvalue weighted by atomic mass is 16.5. The number of rotatable bonds is 2. The van der Waals surface area contributed by atoms with Crippen molar-refractivity contribution in [3.05, 3.63) is 0 Å². The van der Waals surface area contributed by atoms with E-state index in [1.165, 1.54) is 0 Å². The van der Waals surface area contributed by atoms with Gasteiger partial charge in [-0.05, 0) is 19.3 Å². The van der Waals surface area contributed by atoms with Crippen LogP contribution in [0.25, 0.3) is 0 Å². The van der Waals surface area contributed by atoms with E-state index >= 15 is 0 Å². The average Bonchev–Trinajstić information content (AvgIpc) is 2.91. The van der Waals surface area contributed by atoms with Crippen molar-refractivity contribution in [1.82, 2.24) is 0 Å². The van der Waals surface area contributed by atoms with Crippen LogP contribution >= 0.6 is 0 Å². The predicted molar refractivity (Wildman–Crippen MR) is 51.3 cm³/mol. The van der Waals surface area contributed by atoms with E-state index in [-0.39, 0.29) is 18.1 Å². The van der Waals surface area contributed by atoms with Crippen molar-refractivity contribution in [3.8, 4) is 0 Å². The third kappa shape index (κ3) is 1.22. The summed E-state index contributed by atoms with van der Waals surface area (Å²) in [5.74, 6) is -0.0645. The highest BCUT2D eigenvalue weighted by Gasteiger charge is 2.59. The average molecular weight is 212 g/mol. The molecule has 0 aromatic carbocycles. The summed E-state index contributed by atoms with van der Waals surface area (Å²) < 4.78 is 11.0. The molecule has 5 atom stereocenters. The zero-order valence-electron chi connectivity index (χ0n) is 8.59. The van der Waals surface area contributed by atoms with Gasteiger partial charge in [0.05, 0.1) is 36.9 Å². The van der Waals surface area contributed by atoms with Crippen LogP contribution in [0.5, 0.6) is 0 Å². The normalized spacial score (nSPS) is 53.7. The van der Waals surface area contributed by atoms with E-state index in [4.69, 9.17) is 9.47 Å². The second kappa shape index (κ2) is 3.27. The minimum absolute atomic E-state index is 0.0151. The summed E-state index contributed by atoms with van der Waals surface area (Å²) in [6.45, 7) is 0.851. The number of fused-ring (bicyclic) bond motifs is 2. The first kappa shape index (κ1) is 9.75. The van der Waals surface area contributed by atoms with E-state index in [9.17, 15) is 9.90 Å². The number of aliphatic hydroxyl groups excluding tert-OH is 1. The molecule has 1 N–H and O–H groups in total. The Kier molecular flexibility index (Phi) is 2.13. The molecule has 3 rings (SSSR count). The Hall–Kier alpha value is -0.450. The van der Waals surface area contributed by atoms with Crippen molar-refractivity contribution in [3.63, 3.8) is 0 Å². The van der Waals surface area contributed by atoms with Crippen LogP contribution in [0, 0.1) is 11.3 Å². The van der Waals surface area contributed by atoms with Crippen LogP contribution in [-0.2, 0) is 14.3 Å². The molecule has 5 unspecified atom stereocenters. The number of hydrogen-bond acceptors (Lipinski definition) is 4. The molecule has 0 radical (unpaired) electrons. The Morgan fingerprint density at radius 2 is 2.20 bits per heavy atom. The molecule has 15 heavy (non-hydrogen) atoms. The smallest absolute Gasteiger partial charge is 0.129 e. The largest absolute Gasteiger partial charge is 0.390 e. The molecule has 0 saturated carbocycles. The van der Waals surface area contributed by atoms with Gasteiger partial charge >= 0.3 is 0 Å². The van der Waals surface area contributed by atoms with Gasteiger partial charge < -0.3 is 19.4 Å². The lowest BCUT2D eigenvalue weighted by Crippen LogP contribution is -2.46. The Balaban J connectivity index is 1.89. The molecule has 4 nitrogen and oxygen atoms in total. The van der Waals surface area contributed by atoms with Crippen LogP contribution in [0.2, 0.25) is 0 Å². The minimum atomic E-state index is -0.502. The van der Waals surface area contributed by atoms with E-state index < -0.39 is 11.5 Å². The maximum absolute atomic E-state index is 11.4. The van der Waals surface area contributed by atoms with Crippen molar-refractivity contribution in [2.24, 2.45) is 11.3 Å². The van der Waals surface area contributed by atoms with Crippen molar-refractivity contribution in [2.75, 3.05) is 13.2 Å². The van der Waals surface area contributed by atoms with E-state index in [0.717, 1.165) is 25.5 Å². The third-order valence-electron chi connectivity index (χ3n) is 4.25. The van der Waals surface area contributed by atoms with Crippen LogP contribution < -0.4 is 0 Å². The zero-order chi connectivity index (χ0) is 10.5. The van der Waals surface area contributed by atoms with Gasteiger partial charge in [-0.15, -0.1) is 0 Å². The molecule has 84 valence electrons. The van der Waals surface area contributed by atoms with Gasteiger partial charge in [-0.3, -0.25) is 0 Å². The number of ether oxygens (including phenoxy) is 2. The Morgan fingerprint density at radius 3 is 2.67 bits per heavy atom. The molecule has 0 aromatic heterocycles. The first-order valence-corrected chi connectivity index (χ1v) is 5.64. The standard InChI is InChI=1S/C11H16O4/c12-6-11(8-4-14-5-9(8)13)3-7-1-2-10(11)15-7/h6-10,13H,1-5H2. The number of carbonyl (C=O) groups excluding carboxylic acids is 1. The fourth-order valence-corrected chi connectivity index (χ4v) is 3.43. The lowest BCUT2D eigenvalue weighted by molar-refractivity contribution is -0.125. The molecule has 4 heteroatoms. The summed E-state index contributed by atoms with van der Waals surface area (Å²) in [6.07, 6.45) is 3.54. The molecular weight excluding hydrogens is 196 g/mol. The Morgan fingerprint density at radius 1 is 1.33 bits per heavy atom. The van der Waals surface area contributed by atoms with Gasteiger partial charge in [-0.1, -0.05) is 0 Å². The summed E-state index contributed by atoms with van der Waals surface area (Å²) in [6, 6.07) is 0. The van der Waals surface area contributed by atoms with Crippen molar-refractivity contribution in [2.45, 2.75) is 37.6 Å². The summed E-state index contributed by atoms with van der Waals surface area (Å²) >= 11 is 0. The topological polar surface area (TPSA) is 55.8 Å². The molecule has 3 aliphatic heterocycles. The fraction of sp³-hybridized carbons (Fsp3) is 0.909. The second-order valence-corrected chi connectivity index (χ2v) is 4.97. The Labute approximate surface area is 88.6 Å². The van der Waals surface area contributed by atoms with Crippen molar-refractivity contribution < 1.29 is 19.4 Å². The number of hydrogen-bond donors (Lipinski definition) is 1. The molecule has 3 heterocycles. The van der Waals surface area contributed by atoms with E-state index in [1.54, 1.807) is 0 Å². The van der Waals surface area contributed by atoms with Gasteiger partial charge in [0.15, 0.2) is 0 Å². The predicted octanol–water partition coefficient (Wildman–Crippen LogP) is 0.130. The zero-order valence-corrected chi connectivity index (χ0v) is 8.59. The molecule has 3 aliphatic rings. The van der Waals surface area contributed by atoms with Gasteiger partial charge in [0.1, 0.15) is 6.29 Å². The first-order valence-electron chi connectivity index (χ1n) is 5.64. The minimum Gasteiger partial charge on any atom is -0.390 e. The monoisotopic (exact) mass is 212 g/mol. The van der Waals surface area contributed by atoms with Crippen molar-refractivity contribution in [1.29, 1.82) is 0 Å². The van der Waals surface area contributed by atoms with Gasteiger partial charge in [-0.2, -0.15) is 0 Å². The second-order valence-electron chi connectivity index (χ2n) is 4.97. The summed E-state index contributed by atoms with van der Waals surface area (Å²) in [5.41, 5.74) is -0.473. The van der Waals surface area contributed by atoms with Crippen LogP contribution in [-0.4, -0.2) is 42.9 Å².